The number of hydrogen-bond acceptors (Lipinski definition) is 6. The first kappa shape index (κ1) is 42.6. The van der Waals surface area contributed by atoms with Crippen molar-refractivity contribution in [2.24, 2.45) is 0 Å². The molecule has 0 aliphatic rings. The lowest BCUT2D eigenvalue weighted by molar-refractivity contribution is -0.458. The van der Waals surface area contributed by atoms with Crippen molar-refractivity contribution in [3.8, 4) is 0 Å². The molecule has 0 spiro atoms. The Morgan fingerprint density at radius 2 is 0.932 bits per heavy atom. The highest BCUT2D eigenvalue weighted by atomic mass is 32.2. The highest BCUT2D eigenvalue weighted by Gasteiger charge is 2.96. The standard InChI is InChI=1S/C18H22F17NO6S2/c19-11(20,13(23,24)15(27,28)17(31,32)33)12(21,22)14(25,26)16(29,30)18(34,35)43(37,38)9-4-5-36-6-8-42-7-2-1-3-10-44(39,40)41/h36H,1-10H2,(H,39,40,41). The van der Waals surface area contributed by atoms with E-state index < -0.39 is 91.4 Å². The molecule has 0 saturated heterocycles. The zero-order chi connectivity index (χ0) is 35.5. The summed E-state index contributed by atoms with van der Waals surface area (Å²) in [6.07, 6.45) is -8.46. The molecule has 0 aromatic carbocycles. The zero-order valence-electron chi connectivity index (χ0n) is 21.3. The summed E-state index contributed by atoms with van der Waals surface area (Å²) in [7, 11) is -11.3. The Balaban J connectivity index is 5.49. The van der Waals surface area contributed by atoms with Gasteiger partial charge in [-0.1, -0.05) is 6.42 Å². The fourth-order valence-electron chi connectivity index (χ4n) is 2.90. The lowest BCUT2D eigenvalue weighted by atomic mass is 9.91. The molecule has 2 N–H and O–H groups in total. The second kappa shape index (κ2) is 13.8. The first-order valence-corrected chi connectivity index (χ1v) is 14.6. The van der Waals surface area contributed by atoms with Gasteiger partial charge in [-0.2, -0.15) is 83.1 Å². The third-order valence-electron chi connectivity index (χ3n) is 5.46. The molecule has 0 unspecified atom stereocenters. The number of unbranched alkanes of at least 4 members (excludes halogenated alkanes) is 2. The van der Waals surface area contributed by atoms with E-state index in [4.69, 9.17) is 9.29 Å². The van der Waals surface area contributed by atoms with Crippen LogP contribution >= 0.6 is 0 Å². The van der Waals surface area contributed by atoms with Crippen LogP contribution in [0.15, 0.2) is 0 Å². The Morgan fingerprint density at radius 1 is 0.500 bits per heavy atom. The Bertz CT molecular complexity index is 1160. The van der Waals surface area contributed by atoms with Gasteiger partial charge in [-0.25, -0.2) is 8.42 Å². The molecule has 0 heterocycles. The maximum atomic E-state index is 14.0. The summed E-state index contributed by atoms with van der Waals surface area (Å²) in [5.74, 6) is -54.5. The van der Waals surface area contributed by atoms with Crippen molar-refractivity contribution in [3.05, 3.63) is 0 Å². The van der Waals surface area contributed by atoms with Crippen molar-refractivity contribution >= 4 is 20.0 Å². The Morgan fingerprint density at radius 3 is 1.36 bits per heavy atom. The molecule has 44 heavy (non-hydrogen) atoms. The van der Waals surface area contributed by atoms with Gasteiger partial charge in [-0.3, -0.25) is 4.55 Å². The topological polar surface area (TPSA) is 110 Å². The summed E-state index contributed by atoms with van der Waals surface area (Å²) < 4.78 is 284. The summed E-state index contributed by atoms with van der Waals surface area (Å²) in [6, 6.07) is 0. The quantitative estimate of drug-likeness (QED) is 0.0977. The summed E-state index contributed by atoms with van der Waals surface area (Å²) in [4.78, 5) is 0. The van der Waals surface area contributed by atoms with Crippen molar-refractivity contribution in [3.63, 3.8) is 0 Å². The van der Waals surface area contributed by atoms with E-state index in [9.17, 15) is 91.5 Å². The van der Waals surface area contributed by atoms with Crippen molar-refractivity contribution in [2.45, 2.75) is 72.6 Å². The fourth-order valence-corrected chi connectivity index (χ4v) is 4.77. The van der Waals surface area contributed by atoms with Crippen LogP contribution in [0.2, 0.25) is 0 Å². The molecule has 7 nitrogen and oxygen atoms in total. The van der Waals surface area contributed by atoms with Gasteiger partial charge in [0.25, 0.3) is 10.1 Å². The first-order chi connectivity index (χ1) is 19.2. The molecule has 0 fully saturated rings. The minimum atomic E-state index is -8.86. The van der Waals surface area contributed by atoms with E-state index >= 15 is 0 Å². The van der Waals surface area contributed by atoms with Gasteiger partial charge in [0, 0.05) is 13.2 Å². The van der Waals surface area contributed by atoms with Gasteiger partial charge >= 0.3 is 47.0 Å². The van der Waals surface area contributed by atoms with Crippen LogP contribution in [0.4, 0.5) is 74.6 Å². The van der Waals surface area contributed by atoms with Gasteiger partial charge in [0.2, 0.25) is 9.84 Å². The predicted octanol–water partition coefficient (Wildman–Crippen LogP) is 5.42. The maximum Gasteiger partial charge on any atom is 0.460 e. The number of halogens is 17. The molecule has 0 amide bonds. The molecule has 26 heteroatoms. The summed E-state index contributed by atoms with van der Waals surface area (Å²) in [5.41, 5.74) is 0. The van der Waals surface area contributed by atoms with Gasteiger partial charge in [0.05, 0.1) is 18.1 Å². The van der Waals surface area contributed by atoms with Crippen LogP contribution in [0.1, 0.15) is 25.7 Å². The number of alkyl halides is 17. The van der Waals surface area contributed by atoms with E-state index in [0.29, 0.717) is 0 Å². The molecule has 0 aliphatic heterocycles. The first-order valence-electron chi connectivity index (χ1n) is 11.4. The maximum absolute atomic E-state index is 14.0. The molecule has 0 rings (SSSR count). The van der Waals surface area contributed by atoms with Crippen LogP contribution in [-0.2, 0) is 24.7 Å². The van der Waals surface area contributed by atoms with Gasteiger partial charge in [0.15, 0.2) is 0 Å². The summed E-state index contributed by atoms with van der Waals surface area (Å²) >= 11 is 0. The van der Waals surface area contributed by atoms with Crippen molar-refractivity contribution in [2.75, 3.05) is 37.8 Å². The number of rotatable bonds is 20. The minimum Gasteiger partial charge on any atom is -0.380 e. The van der Waals surface area contributed by atoms with Gasteiger partial charge in [-0.05, 0) is 25.8 Å². The van der Waals surface area contributed by atoms with E-state index in [2.05, 4.69) is 5.32 Å². The summed E-state index contributed by atoms with van der Waals surface area (Å²) in [5, 5.41) is -5.27. The Kier molecular flexibility index (Phi) is 13.3. The van der Waals surface area contributed by atoms with Crippen LogP contribution < -0.4 is 5.32 Å². The molecule has 0 atom stereocenters. The number of nitrogens with one attached hydrogen (secondary N) is 1. The summed E-state index contributed by atoms with van der Waals surface area (Å²) in [6.45, 7) is -1.15. The van der Waals surface area contributed by atoms with E-state index in [1.54, 1.807) is 0 Å². The predicted molar refractivity (Wildman–Crippen MR) is 113 cm³/mol. The third kappa shape index (κ3) is 8.29. The number of hydrogen-bond donors (Lipinski definition) is 2. The van der Waals surface area contributed by atoms with E-state index in [0.717, 1.165) is 0 Å². The smallest absolute Gasteiger partial charge is 0.380 e. The average Bonchev–Trinajstić information content (AvgIpc) is 2.82. The lowest BCUT2D eigenvalue weighted by Crippen LogP contribution is -2.75. The van der Waals surface area contributed by atoms with Crippen molar-refractivity contribution in [1.29, 1.82) is 0 Å². The Hall–Kier alpha value is -1.41. The molecule has 266 valence electrons. The van der Waals surface area contributed by atoms with E-state index in [-0.39, 0.29) is 39.0 Å². The van der Waals surface area contributed by atoms with E-state index in [1.807, 2.05) is 0 Å². The van der Waals surface area contributed by atoms with Crippen LogP contribution in [0.3, 0.4) is 0 Å². The van der Waals surface area contributed by atoms with Gasteiger partial charge in [-0.15, -0.1) is 0 Å². The average molecular weight is 735 g/mol. The molecule has 0 aromatic rings. The van der Waals surface area contributed by atoms with E-state index in [1.165, 1.54) is 0 Å². The molecule has 0 aromatic heterocycles. The van der Waals surface area contributed by atoms with Crippen molar-refractivity contribution < 1.29 is 101 Å². The van der Waals surface area contributed by atoms with Crippen LogP contribution in [0.5, 0.6) is 0 Å². The zero-order valence-corrected chi connectivity index (χ0v) is 22.9. The second-order valence-corrected chi connectivity index (χ2v) is 12.6. The fraction of sp³-hybridized carbons (Fsp3) is 1.00. The second-order valence-electron chi connectivity index (χ2n) is 8.84. The number of ether oxygens (including phenoxy) is 1. The minimum absolute atomic E-state index is 0.0144. The molecular weight excluding hydrogens is 713 g/mol. The molecule has 0 saturated carbocycles. The SMILES string of the molecule is O=S(=O)(O)CCCCCOCCNCCCS(=O)(=O)C(F)(F)C(F)(F)C(F)(F)C(F)(F)C(F)(F)C(F)(F)C(F)(F)C(F)(F)F. The lowest BCUT2D eigenvalue weighted by Gasteiger charge is -2.42. The van der Waals surface area contributed by atoms with Crippen LogP contribution in [-0.4, -0.2) is 106 Å². The Labute approximate surface area is 237 Å². The molecular formula is C18H22F17NO6S2. The van der Waals surface area contributed by atoms with Gasteiger partial charge < -0.3 is 10.1 Å². The number of sulfone groups is 1. The molecule has 0 aliphatic carbocycles. The molecule has 0 radical (unpaired) electrons. The highest BCUT2D eigenvalue weighted by Crippen LogP contribution is 2.64. The van der Waals surface area contributed by atoms with Gasteiger partial charge in [0.1, 0.15) is 0 Å². The van der Waals surface area contributed by atoms with Crippen LogP contribution in [0, 0.1) is 0 Å². The largest absolute Gasteiger partial charge is 0.460 e. The third-order valence-corrected chi connectivity index (χ3v) is 8.13. The monoisotopic (exact) mass is 735 g/mol. The van der Waals surface area contributed by atoms with Crippen LogP contribution in [0.25, 0.3) is 0 Å². The highest BCUT2D eigenvalue weighted by molar-refractivity contribution is 7.92. The normalized spacial score (nSPS) is 15.6. The van der Waals surface area contributed by atoms with Crippen molar-refractivity contribution in [1.82, 2.24) is 5.32 Å². The molecule has 0 bridgehead atoms.